The van der Waals surface area contributed by atoms with Crippen LogP contribution in [0.2, 0.25) is 0 Å². The van der Waals surface area contributed by atoms with Crippen molar-refractivity contribution in [1.82, 2.24) is 10.1 Å². The van der Waals surface area contributed by atoms with Crippen molar-refractivity contribution in [3.8, 4) is 0 Å². The lowest BCUT2D eigenvalue weighted by Crippen LogP contribution is -2.09. The Hall–Kier alpha value is -2.17. The van der Waals surface area contributed by atoms with E-state index in [0.717, 1.165) is 17.0 Å². The highest BCUT2D eigenvalue weighted by Gasteiger charge is 2.14. The molecule has 94 valence electrons. The van der Waals surface area contributed by atoms with Crippen molar-refractivity contribution in [2.24, 2.45) is 0 Å². The van der Waals surface area contributed by atoms with E-state index in [1.54, 1.807) is 20.0 Å². The summed E-state index contributed by atoms with van der Waals surface area (Å²) in [6, 6.07) is 5.48. The molecule has 18 heavy (non-hydrogen) atoms. The van der Waals surface area contributed by atoms with Gasteiger partial charge >= 0.3 is 5.97 Å². The third-order valence-corrected chi connectivity index (χ3v) is 2.61. The Balaban J connectivity index is 1.90. The molecule has 0 aliphatic heterocycles. The zero-order valence-corrected chi connectivity index (χ0v) is 10.3. The standard InChI is InChI=1S/C13H14N2O3/c1-9-12(10(2)18-15-9)7-13(16)17-8-11-5-3-4-6-14-11/h3-6H,7-8H2,1-2H3. The highest BCUT2D eigenvalue weighted by atomic mass is 16.5. The first-order valence-electron chi connectivity index (χ1n) is 5.64. The lowest BCUT2D eigenvalue weighted by Gasteiger charge is -2.03. The summed E-state index contributed by atoms with van der Waals surface area (Å²) in [6.07, 6.45) is 1.84. The third kappa shape index (κ3) is 2.94. The molecule has 5 nitrogen and oxygen atoms in total. The highest BCUT2D eigenvalue weighted by molar-refractivity contribution is 5.73. The minimum atomic E-state index is -0.310. The van der Waals surface area contributed by atoms with E-state index in [9.17, 15) is 4.79 Å². The first kappa shape index (κ1) is 12.3. The van der Waals surface area contributed by atoms with Crippen LogP contribution in [0.5, 0.6) is 0 Å². The molecule has 0 unspecified atom stereocenters. The van der Waals surface area contributed by atoms with E-state index >= 15 is 0 Å². The van der Waals surface area contributed by atoms with Crippen LogP contribution < -0.4 is 0 Å². The number of rotatable bonds is 4. The maximum absolute atomic E-state index is 11.7. The van der Waals surface area contributed by atoms with Gasteiger partial charge in [0.15, 0.2) is 0 Å². The molecule has 0 fully saturated rings. The SMILES string of the molecule is Cc1noc(C)c1CC(=O)OCc1ccccn1. The molecule has 0 N–H and O–H groups in total. The number of esters is 1. The second-order valence-corrected chi connectivity index (χ2v) is 3.96. The van der Waals surface area contributed by atoms with E-state index in [4.69, 9.17) is 9.26 Å². The Labute approximate surface area is 105 Å². The number of pyridine rings is 1. The molecule has 5 heteroatoms. The van der Waals surface area contributed by atoms with Gasteiger partial charge in [0.2, 0.25) is 0 Å². The summed E-state index contributed by atoms with van der Waals surface area (Å²) < 4.78 is 10.1. The molecule has 0 aliphatic carbocycles. The summed E-state index contributed by atoms with van der Waals surface area (Å²) in [6.45, 7) is 3.77. The normalized spacial score (nSPS) is 10.3. The number of aromatic nitrogens is 2. The summed E-state index contributed by atoms with van der Waals surface area (Å²) in [5.74, 6) is 0.345. The zero-order chi connectivity index (χ0) is 13.0. The maximum Gasteiger partial charge on any atom is 0.310 e. The van der Waals surface area contributed by atoms with Crippen molar-refractivity contribution in [3.05, 3.63) is 47.1 Å². The monoisotopic (exact) mass is 246 g/mol. The van der Waals surface area contributed by atoms with Crippen molar-refractivity contribution >= 4 is 5.97 Å². The number of nitrogens with zero attached hydrogens (tertiary/aromatic N) is 2. The third-order valence-electron chi connectivity index (χ3n) is 2.61. The highest BCUT2D eigenvalue weighted by Crippen LogP contribution is 2.13. The van der Waals surface area contributed by atoms with Gasteiger partial charge in [-0.15, -0.1) is 0 Å². The number of hydrogen-bond donors (Lipinski definition) is 0. The number of carbonyl (C=O) groups is 1. The van der Waals surface area contributed by atoms with Crippen LogP contribution in [0, 0.1) is 13.8 Å². The van der Waals surface area contributed by atoms with E-state index in [1.165, 1.54) is 0 Å². The van der Waals surface area contributed by atoms with Crippen LogP contribution in [0.4, 0.5) is 0 Å². The van der Waals surface area contributed by atoms with Crippen LogP contribution >= 0.6 is 0 Å². The van der Waals surface area contributed by atoms with Crippen molar-refractivity contribution < 1.29 is 14.1 Å². The summed E-state index contributed by atoms with van der Waals surface area (Å²) >= 11 is 0. The fraction of sp³-hybridized carbons (Fsp3) is 0.308. The van der Waals surface area contributed by atoms with Gasteiger partial charge in [0.05, 0.1) is 17.8 Å². The Bertz CT molecular complexity index is 515. The van der Waals surface area contributed by atoms with Gasteiger partial charge in [0, 0.05) is 11.8 Å². The van der Waals surface area contributed by atoms with Crippen LogP contribution in [0.1, 0.15) is 22.7 Å². The maximum atomic E-state index is 11.7. The van der Waals surface area contributed by atoms with Crippen molar-refractivity contribution in [1.29, 1.82) is 0 Å². The second-order valence-electron chi connectivity index (χ2n) is 3.96. The van der Waals surface area contributed by atoms with Gasteiger partial charge in [-0.2, -0.15) is 0 Å². The fourth-order valence-electron chi connectivity index (χ4n) is 1.59. The van der Waals surface area contributed by atoms with Gasteiger partial charge in [0.25, 0.3) is 0 Å². The summed E-state index contributed by atoms with van der Waals surface area (Å²) in [5.41, 5.74) is 2.24. The number of ether oxygens (including phenoxy) is 1. The number of carbonyl (C=O) groups excluding carboxylic acids is 1. The predicted octanol–water partition coefficient (Wildman–Crippen LogP) is 1.97. The van der Waals surface area contributed by atoms with E-state index in [1.807, 2.05) is 18.2 Å². The van der Waals surface area contributed by atoms with Crippen LogP contribution in [0.15, 0.2) is 28.9 Å². The average molecular weight is 246 g/mol. The molecule has 0 amide bonds. The average Bonchev–Trinajstić information content (AvgIpc) is 2.69. The fourth-order valence-corrected chi connectivity index (χ4v) is 1.59. The van der Waals surface area contributed by atoms with Gasteiger partial charge in [-0.05, 0) is 26.0 Å². The minimum absolute atomic E-state index is 0.175. The Morgan fingerprint density at radius 2 is 2.22 bits per heavy atom. The van der Waals surface area contributed by atoms with Gasteiger partial charge in [-0.1, -0.05) is 11.2 Å². The van der Waals surface area contributed by atoms with Gasteiger partial charge in [-0.25, -0.2) is 0 Å². The summed E-state index contributed by atoms with van der Waals surface area (Å²) in [7, 11) is 0. The molecule has 0 atom stereocenters. The molecule has 2 aromatic heterocycles. The first-order valence-corrected chi connectivity index (χ1v) is 5.64. The van der Waals surface area contributed by atoms with E-state index in [-0.39, 0.29) is 19.0 Å². The molecule has 0 saturated carbocycles. The van der Waals surface area contributed by atoms with Crippen LogP contribution in [-0.4, -0.2) is 16.1 Å². The smallest absolute Gasteiger partial charge is 0.310 e. The molecule has 0 aliphatic rings. The Morgan fingerprint density at radius 1 is 1.39 bits per heavy atom. The summed E-state index contributed by atoms with van der Waals surface area (Å²) in [4.78, 5) is 15.7. The molecular formula is C13H14N2O3. The molecule has 2 heterocycles. The van der Waals surface area contributed by atoms with Crippen molar-refractivity contribution in [3.63, 3.8) is 0 Å². The topological polar surface area (TPSA) is 65.2 Å². The predicted molar refractivity (Wildman–Crippen MR) is 63.7 cm³/mol. The van der Waals surface area contributed by atoms with Crippen molar-refractivity contribution in [2.75, 3.05) is 0 Å². The molecule has 0 bridgehead atoms. The van der Waals surface area contributed by atoms with Gasteiger partial charge < -0.3 is 9.26 Å². The largest absolute Gasteiger partial charge is 0.459 e. The summed E-state index contributed by atoms with van der Waals surface area (Å²) in [5, 5.41) is 3.79. The number of aryl methyl sites for hydroxylation is 2. The Morgan fingerprint density at radius 3 is 2.83 bits per heavy atom. The van der Waals surface area contributed by atoms with Crippen LogP contribution in [0.25, 0.3) is 0 Å². The number of hydrogen-bond acceptors (Lipinski definition) is 5. The second kappa shape index (κ2) is 5.44. The van der Waals surface area contributed by atoms with Gasteiger partial charge in [-0.3, -0.25) is 9.78 Å². The van der Waals surface area contributed by atoms with Crippen LogP contribution in [0.3, 0.4) is 0 Å². The molecule has 0 spiro atoms. The zero-order valence-electron chi connectivity index (χ0n) is 10.3. The first-order chi connectivity index (χ1) is 8.66. The molecule has 2 rings (SSSR count). The van der Waals surface area contributed by atoms with Crippen LogP contribution in [-0.2, 0) is 22.6 Å². The molecule has 0 saturated heterocycles. The lowest BCUT2D eigenvalue weighted by molar-refractivity contribution is -0.144. The van der Waals surface area contributed by atoms with Gasteiger partial charge in [0.1, 0.15) is 12.4 Å². The van der Waals surface area contributed by atoms with E-state index in [2.05, 4.69) is 10.1 Å². The Kier molecular flexibility index (Phi) is 3.72. The quantitative estimate of drug-likeness (QED) is 0.772. The van der Waals surface area contributed by atoms with Crippen molar-refractivity contribution in [2.45, 2.75) is 26.9 Å². The van der Waals surface area contributed by atoms with E-state index in [0.29, 0.717) is 5.76 Å². The molecule has 0 aromatic carbocycles. The molecule has 2 aromatic rings. The lowest BCUT2D eigenvalue weighted by atomic mass is 10.1. The molecular weight excluding hydrogens is 232 g/mol. The molecule has 0 radical (unpaired) electrons. The van der Waals surface area contributed by atoms with E-state index < -0.39 is 0 Å². The minimum Gasteiger partial charge on any atom is -0.459 e.